The second-order valence-corrected chi connectivity index (χ2v) is 4.07. The van der Waals surface area contributed by atoms with Crippen LogP contribution in [0.3, 0.4) is 0 Å². The maximum atomic E-state index is 11.8. The summed E-state index contributed by atoms with van der Waals surface area (Å²) in [6.07, 6.45) is 2.98. The summed E-state index contributed by atoms with van der Waals surface area (Å²) >= 11 is 0. The summed E-state index contributed by atoms with van der Waals surface area (Å²) in [7, 11) is 0. The summed E-state index contributed by atoms with van der Waals surface area (Å²) in [4.78, 5) is 33.5. The van der Waals surface area contributed by atoms with Crippen LogP contribution in [0.1, 0.15) is 25.8 Å². The fourth-order valence-corrected chi connectivity index (χ4v) is 1.47. The Balaban J connectivity index is 2.61. The van der Waals surface area contributed by atoms with Gasteiger partial charge in [-0.3, -0.25) is 14.3 Å². The van der Waals surface area contributed by atoms with Gasteiger partial charge in [0.25, 0.3) is 0 Å². The molecule has 0 aliphatic heterocycles. The molecule has 0 spiro atoms. The van der Waals surface area contributed by atoms with E-state index in [0.29, 0.717) is 0 Å². The summed E-state index contributed by atoms with van der Waals surface area (Å²) in [6, 6.07) is -0.116. The molecule has 2 unspecified atom stereocenters. The van der Waals surface area contributed by atoms with Gasteiger partial charge in [-0.1, -0.05) is 0 Å². The second kappa shape index (κ2) is 6.53. The molecule has 8 heteroatoms. The maximum Gasteiger partial charge on any atom is 0.326 e. The fourth-order valence-electron chi connectivity index (χ4n) is 1.47. The number of hydrogen-bond acceptors (Lipinski definition) is 4. The third-order valence-electron chi connectivity index (χ3n) is 2.60. The van der Waals surface area contributed by atoms with Crippen LogP contribution in [0, 0.1) is 0 Å². The van der Waals surface area contributed by atoms with E-state index >= 15 is 0 Å². The Morgan fingerprint density at radius 3 is 2.63 bits per heavy atom. The third-order valence-corrected chi connectivity index (χ3v) is 2.60. The zero-order valence-corrected chi connectivity index (χ0v) is 10.4. The van der Waals surface area contributed by atoms with Crippen molar-refractivity contribution in [1.82, 2.24) is 15.1 Å². The molecule has 2 amide bonds. The van der Waals surface area contributed by atoms with Crippen LogP contribution in [0.5, 0.6) is 0 Å². The molecule has 4 N–H and O–H groups in total. The van der Waals surface area contributed by atoms with Crippen LogP contribution >= 0.6 is 0 Å². The van der Waals surface area contributed by atoms with E-state index in [9.17, 15) is 14.4 Å². The highest BCUT2D eigenvalue weighted by molar-refractivity contribution is 5.86. The van der Waals surface area contributed by atoms with E-state index < -0.39 is 29.9 Å². The van der Waals surface area contributed by atoms with Crippen molar-refractivity contribution in [1.29, 1.82) is 0 Å². The number of hydrogen-bond donors (Lipinski definition) is 3. The lowest BCUT2D eigenvalue weighted by Crippen LogP contribution is -2.44. The van der Waals surface area contributed by atoms with Crippen molar-refractivity contribution in [2.75, 3.05) is 0 Å². The Morgan fingerprint density at radius 2 is 2.16 bits per heavy atom. The van der Waals surface area contributed by atoms with Gasteiger partial charge < -0.3 is 16.2 Å². The predicted octanol–water partition coefficient (Wildman–Crippen LogP) is -0.721. The number of aliphatic carboxylic acids is 1. The topological polar surface area (TPSA) is 127 Å². The first kappa shape index (κ1) is 14.7. The maximum absolute atomic E-state index is 11.8. The second-order valence-electron chi connectivity index (χ2n) is 4.07. The van der Waals surface area contributed by atoms with Gasteiger partial charge in [0.1, 0.15) is 12.1 Å². The minimum atomic E-state index is -1.21. The lowest BCUT2D eigenvalue weighted by Gasteiger charge is -2.17. The fraction of sp³-hybridized carbons (Fsp3) is 0.455. The van der Waals surface area contributed by atoms with Crippen LogP contribution < -0.4 is 11.1 Å². The Kier molecular flexibility index (Phi) is 5.04. The van der Waals surface area contributed by atoms with E-state index in [1.807, 2.05) is 0 Å². The SMILES string of the molecule is CC(C(=O)NC(CCC(N)=O)C(=O)O)n1cccn1. The summed E-state index contributed by atoms with van der Waals surface area (Å²) in [5, 5.41) is 15.2. The number of carboxylic acid groups (broad SMARTS) is 1. The first-order chi connectivity index (χ1) is 8.91. The Bertz CT molecular complexity index is 457. The number of carbonyl (C=O) groups is 3. The first-order valence-corrected chi connectivity index (χ1v) is 5.72. The van der Waals surface area contributed by atoms with Crippen LogP contribution in [-0.2, 0) is 14.4 Å². The quantitative estimate of drug-likeness (QED) is 0.601. The number of carbonyl (C=O) groups excluding carboxylic acids is 2. The molecule has 0 saturated heterocycles. The zero-order chi connectivity index (χ0) is 14.4. The summed E-state index contributed by atoms with van der Waals surface area (Å²) < 4.78 is 1.41. The molecule has 0 saturated carbocycles. The number of rotatable bonds is 7. The zero-order valence-electron chi connectivity index (χ0n) is 10.4. The van der Waals surface area contributed by atoms with Gasteiger partial charge in [0.05, 0.1) is 0 Å². The van der Waals surface area contributed by atoms with E-state index in [1.54, 1.807) is 19.2 Å². The standard InChI is InChI=1S/C11H16N4O4/c1-7(15-6-2-5-13-15)10(17)14-8(11(18)19)3-4-9(12)16/h2,5-8H,3-4H2,1H3,(H2,12,16)(H,14,17)(H,18,19). The molecule has 1 rings (SSSR count). The van der Waals surface area contributed by atoms with Crippen molar-refractivity contribution in [2.24, 2.45) is 5.73 Å². The molecule has 0 fully saturated rings. The highest BCUT2D eigenvalue weighted by atomic mass is 16.4. The number of amides is 2. The van der Waals surface area contributed by atoms with Gasteiger partial charge in [-0.25, -0.2) is 4.79 Å². The van der Waals surface area contributed by atoms with Gasteiger partial charge in [-0.2, -0.15) is 5.10 Å². The average molecular weight is 268 g/mol. The highest BCUT2D eigenvalue weighted by Crippen LogP contribution is 2.05. The monoisotopic (exact) mass is 268 g/mol. The van der Waals surface area contributed by atoms with Crippen molar-refractivity contribution in [3.8, 4) is 0 Å². The number of carboxylic acids is 1. The molecule has 1 aromatic rings. The van der Waals surface area contributed by atoms with Crippen LogP contribution in [0.2, 0.25) is 0 Å². The number of nitrogens with two attached hydrogens (primary N) is 1. The van der Waals surface area contributed by atoms with Gasteiger partial charge in [-0.05, 0) is 19.4 Å². The van der Waals surface area contributed by atoms with Gasteiger partial charge in [0, 0.05) is 18.8 Å². The molecule has 0 aromatic carbocycles. The van der Waals surface area contributed by atoms with Gasteiger partial charge in [0.15, 0.2) is 0 Å². The van der Waals surface area contributed by atoms with Crippen LogP contribution in [0.4, 0.5) is 0 Å². The Hall–Kier alpha value is -2.38. The number of nitrogens with zero attached hydrogens (tertiary/aromatic N) is 2. The molecule has 1 heterocycles. The van der Waals surface area contributed by atoms with Crippen LogP contribution in [0.15, 0.2) is 18.5 Å². The highest BCUT2D eigenvalue weighted by Gasteiger charge is 2.24. The Morgan fingerprint density at radius 1 is 1.47 bits per heavy atom. The van der Waals surface area contributed by atoms with E-state index in [4.69, 9.17) is 10.8 Å². The minimum Gasteiger partial charge on any atom is -0.480 e. The smallest absolute Gasteiger partial charge is 0.326 e. The molecule has 8 nitrogen and oxygen atoms in total. The van der Waals surface area contributed by atoms with E-state index in [1.165, 1.54) is 10.9 Å². The number of aromatic nitrogens is 2. The van der Waals surface area contributed by atoms with Crippen molar-refractivity contribution in [3.05, 3.63) is 18.5 Å². The van der Waals surface area contributed by atoms with E-state index in [0.717, 1.165) is 0 Å². The number of nitrogens with one attached hydrogen (secondary N) is 1. The van der Waals surface area contributed by atoms with Crippen molar-refractivity contribution < 1.29 is 19.5 Å². The molecule has 0 aliphatic rings. The molecule has 1 aromatic heterocycles. The van der Waals surface area contributed by atoms with Gasteiger partial charge in [0.2, 0.25) is 11.8 Å². The summed E-state index contributed by atoms with van der Waals surface area (Å²) in [5.41, 5.74) is 4.95. The van der Waals surface area contributed by atoms with E-state index in [2.05, 4.69) is 10.4 Å². The molecular weight excluding hydrogens is 252 g/mol. The normalized spacial score (nSPS) is 13.5. The van der Waals surface area contributed by atoms with Gasteiger partial charge in [-0.15, -0.1) is 0 Å². The van der Waals surface area contributed by atoms with Crippen molar-refractivity contribution >= 4 is 17.8 Å². The summed E-state index contributed by atoms with van der Waals surface area (Å²) in [6.45, 7) is 1.59. The van der Waals surface area contributed by atoms with Crippen LogP contribution in [-0.4, -0.2) is 38.7 Å². The summed E-state index contributed by atoms with van der Waals surface area (Å²) in [5.74, 6) is -2.30. The minimum absolute atomic E-state index is 0.0395. The molecule has 2 atom stereocenters. The van der Waals surface area contributed by atoms with E-state index in [-0.39, 0.29) is 12.8 Å². The lowest BCUT2D eigenvalue weighted by molar-refractivity contribution is -0.142. The molecule has 0 bridgehead atoms. The predicted molar refractivity (Wildman–Crippen MR) is 64.9 cm³/mol. The molecule has 0 aliphatic carbocycles. The molecule has 0 radical (unpaired) electrons. The molecular formula is C11H16N4O4. The molecule has 104 valence electrons. The average Bonchev–Trinajstić information content (AvgIpc) is 2.86. The van der Waals surface area contributed by atoms with Crippen LogP contribution in [0.25, 0.3) is 0 Å². The molecule has 19 heavy (non-hydrogen) atoms. The third kappa shape index (κ3) is 4.41. The van der Waals surface area contributed by atoms with Crippen molar-refractivity contribution in [2.45, 2.75) is 31.8 Å². The first-order valence-electron chi connectivity index (χ1n) is 5.72. The lowest BCUT2D eigenvalue weighted by atomic mass is 10.1. The van der Waals surface area contributed by atoms with Crippen molar-refractivity contribution in [3.63, 3.8) is 0 Å². The Labute approximate surface area is 109 Å². The number of primary amides is 1. The largest absolute Gasteiger partial charge is 0.480 e. The van der Waals surface area contributed by atoms with Gasteiger partial charge >= 0.3 is 5.97 Å².